The standard InChI is InChI=1S/C18H22N2O4/c1-2-7-19-10-18(21)20(12-15-4-3-8-22-15)11-14-5-6-16-17(9-14)24-13-23-16/h3-6,8-9,19H,2,7,10-13H2,1H3. The van der Waals surface area contributed by atoms with Crippen molar-refractivity contribution in [2.45, 2.75) is 26.4 Å². The Bertz CT molecular complexity index is 670. The maximum absolute atomic E-state index is 12.5. The van der Waals surface area contributed by atoms with Crippen LogP contribution in [0.1, 0.15) is 24.7 Å². The van der Waals surface area contributed by atoms with Crippen LogP contribution in [0.4, 0.5) is 0 Å². The fraction of sp³-hybridized carbons (Fsp3) is 0.389. The van der Waals surface area contributed by atoms with Gasteiger partial charge in [-0.25, -0.2) is 0 Å². The van der Waals surface area contributed by atoms with Gasteiger partial charge in [-0.2, -0.15) is 0 Å². The topological polar surface area (TPSA) is 63.9 Å². The fourth-order valence-corrected chi connectivity index (χ4v) is 2.57. The molecule has 128 valence electrons. The van der Waals surface area contributed by atoms with Crippen molar-refractivity contribution in [3.05, 3.63) is 47.9 Å². The van der Waals surface area contributed by atoms with Crippen LogP contribution in [0.15, 0.2) is 41.0 Å². The van der Waals surface area contributed by atoms with E-state index in [0.29, 0.717) is 19.6 Å². The molecule has 1 N–H and O–H groups in total. The van der Waals surface area contributed by atoms with Crippen LogP contribution in [0.5, 0.6) is 11.5 Å². The number of amides is 1. The number of hydrogen-bond acceptors (Lipinski definition) is 5. The summed E-state index contributed by atoms with van der Waals surface area (Å²) in [5.74, 6) is 2.27. The van der Waals surface area contributed by atoms with Gasteiger partial charge in [0.05, 0.1) is 19.4 Å². The smallest absolute Gasteiger partial charge is 0.237 e. The maximum atomic E-state index is 12.5. The van der Waals surface area contributed by atoms with Crippen LogP contribution in [-0.2, 0) is 17.9 Å². The molecule has 3 rings (SSSR count). The van der Waals surface area contributed by atoms with Gasteiger partial charge in [0.15, 0.2) is 11.5 Å². The third-order valence-electron chi connectivity index (χ3n) is 3.79. The van der Waals surface area contributed by atoms with E-state index >= 15 is 0 Å². The van der Waals surface area contributed by atoms with Crippen molar-refractivity contribution in [3.63, 3.8) is 0 Å². The molecular formula is C18H22N2O4. The molecule has 1 aromatic heterocycles. The molecule has 1 aliphatic rings. The second kappa shape index (κ2) is 7.88. The third-order valence-corrected chi connectivity index (χ3v) is 3.79. The van der Waals surface area contributed by atoms with Crippen LogP contribution >= 0.6 is 0 Å². The highest BCUT2D eigenvalue weighted by molar-refractivity contribution is 5.78. The van der Waals surface area contributed by atoms with Crippen LogP contribution in [0.2, 0.25) is 0 Å². The molecule has 0 radical (unpaired) electrons. The first-order chi connectivity index (χ1) is 11.8. The molecule has 6 heteroatoms. The fourth-order valence-electron chi connectivity index (χ4n) is 2.57. The normalized spacial score (nSPS) is 12.4. The summed E-state index contributed by atoms with van der Waals surface area (Å²) in [7, 11) is 0. The first kappa shape index (κ1) is 16.4. The number of fused-ring (bicyclic) bond motifs is 1. The van der Waals surface area contributed by atoms with E-state index < -0.39 is 0 Å². The van der Waals surface area contributed by atoms with Crippen LogP contribution < -0.4 is 14.8 Å². The summed E-state index contributed by atoms with van der Waals surface area (Å²) in [6.45, 7) is 4.39. The average Bonchev–Trinajstić information content (AvgIpc) is 3.25. The van der Waals surface area contributed by atoms with Crippen LogP contribution in [0, 0.1) is 0 Å². The Morgan fingerprint density at radius 2 is 2.08 bits per heavy atom. The van der Waals surface area contributed by atoms with Gasteiger partial charge in [0.25, 0.3) is 0 Å². The zero-order chi connectivity index (χ0) is 16.8. The Hall–Kier alpha value is -2.47. The number of furan rings is 1. The van der Waals surface area contributed by atoms with Gasteiger partial charge in [-0.05, 0) is 42.8 Å². The zero-order valence-electron chi connectivity index (χ0n) is 13.8. The lowest BCUT2D eigenvalue weighted by Gasteiger charge is -2.22. The highest BCUT2D eigenvalue weighted by Crippen LogP contribution is 2.32. The van der Waals surface area contributed by atoms with Gasteiger partial charge >= 0.3 is 0 Å². The summed E-state index contributed by atoms with van der Waals surface area (Å²) >= 11 is 0. The molecule has 0 aliphatic carbocycles. The zero-order valence-corrected chi connectivity index (χ0v) is 13.8. The van der Waals surface area contributed by atoms with E-state index in [1.54, 1.807) is 11.2 Å². The third kappa shape index (κ3) is 4.08. The van der Waals surface area contributed by atoms with E-state index in [2.05, 4.69) is 12.2 Å². The Morgan fingerprint density at radius 3 is 2.88 bits per heavy atom. The van der Waals surface area contributed by atoms with Gasteiger partial charge in [0.1, 0.15) is 5.76 Å². The Labute approximate surface area is 141 Å². The van der Waals surface area contributed by atoms with E-state index in [9.17, 15) is 4.79 Å². The lowest BCUT2D eigenvalue weighted by molar-refractivity contribution is -0.131. The molecule has 0 saturated heterocycles. The van der Waals surface area contributed by atoms with E-state index in [1.165, 1.54) is 0 Å². The van der Waals surface area contributed by atoms with Gasteiger partial charge in [-0.1, -0.05) is 13.0 Å². The van der Waals surface area contributed by atoms with Crippen molar-refractivity contribution < 1.29 is 18.7 Å². The van der Waals surface area contributed by atoms with Gasteiger partial charge in [-0.15, -0.1) is 0 Å². The minimum Gasteiger partial charge on any atom is -0.467 e. The molecule has 1 aromatic carbocycles. The average molecular weight is 330 g/mol. The van der Waals surface area contributed by atoms with Gasteiger partial charge < -0.3 is 24.1 Å². The van der Waals surface area contributed by atoms with Crippen molar-refractivity contribution in [1.82, 2.24) is 10.2 Å². The SMILES string of the molecule is CCCNCC(=O)N(Cc1ccc2c(c1)OCO2)Cc1ccco1. The highest BCUT2D eigenvalue weighted by atomic mass is 16.7. The minimum absolute atomic E-state index is 0.0394. The Kier molecular flexibility index (Phi) is 5.38. The number of carbonyl (C=O) groups is 1. The molecule has 1 aliphatic heterocycles. The summed E-state index contributed by atoms with van der Waals surface area (Å²) in [5, 5.41) is 3.16. The van der Waals surface area contributed by atoms with E-state index in [0.717, 1.165) is 35.8 Å². The quantitative estimate of drug-likeness (QED) is 0.754. The van der Waals surface area contributed by atoms with Crippen molar-refractivity contribution >= 4 is 5.91 Å². The van der Waals surface area contributed by atoms with Gasteiger partial charge in [-0.3, -0.25) is 4.79 Å². The predicted molar refractivity (Wildman–Crippen MR) is 88.7 cm³/mol. The summed E-state index contributed by atoms with van der Waals surface area (Å²) in [4.78, 5) is 14.3. The molecular weight excluding hydrogens is 308 g/mol. The van der Waals surface area contributed by atoms with Crippen molar-refractivity contribution in [2.75, 3.05) is 19.9 Å². The van der Waals surface area contributed by atoms with Crippen molar-refractivity contribution in [1.29, 1.82) is 0 Å². The monoisotopic (exact) mass is 330 g/mol. The van der Waals surface area contributed by atoms with Crippen LogP contribution in [-0.4, -0.2) is 30.7 Å². The number of benzene rings is 1. The molecule has 1 amide bonds. The van der Waals surface area contributed by atoms with Crippen LogP contribution in [0.3, 0.4) is 0 Å². The maximum Gasteiger partial charge on any atom is 0.237 e. The lowest BCUT2D eigenvalue weighted by atomic mass is 10.2. The number of nitrogens with one attached hydrogen (secondary N) is 1. The molecule has 6 nitrogen and oxygen atoms in total. The Morgan fingerprint density at radius 1 is 1.21 bits per heavy atom. The predicted octanol–water partition coefficient (Wildman–Crippen LogP) is 2.54. The molecule has 0 bridgehead atoms. The summed E-state index contributed by atoms with van der Waals surface area (Å²) in [5.41, 5.74) is 0.995. The minimum atomic E-state index is 0.0394. The first-order valence-corrected chi connectivity index (χ1v) is 8.15. The number of hydrogen-bond donors (Lipinski definition) is 1. The van der Waals surface area contributed by atoms with Crippen molar-refractivity contribution in [2.24, 2.45) is 0 Å². The molecule has 0 fully saturated rings. The van der Waals surface area contributed by atoms with Crippen molar-refractivity contribution in [3.8, 4) is 11.5 Å². The second-order valence-electron chi connectivity index (χ2n) is 5.69. The van der Waals surface area contributed by atoms with Gasteiger partial charge in [0, 0.05) is 6.54 Å². The second-order valence-corrected chi connectivity index (χ2v) is 5.69. The lowest BCUT2D eigenvalue weighted by Crippen LogP contribution is -2.37. The summed E-state index contributed by atoms with van der Waals surface area (Å²) < 4.78 is 16.1. The Balaban J connectivity index is 1.70. The molecule has 0 spiro atoms. The van der Waals surface area contributed by atoms with E-state index in [1.807, 2.05) is 30.3 Å². The molecule has 0 unspecified atom stereocenters. The van der Waals surface area contributed by atoms with Crippen LogP contribution in [0.25, 0.3) is 0 Å². The number of nitrogens with zero attached hydrogens (tertiary/aromatic N) is 1. The molecule has 0 atom stereocenters. The summed E-state index contributed by atoms with van der Waals surface area (Å²) in [6, 6.07) is 9.45. The number of rotatable bonds is 8. The number of ether oxygens (including phenoxy) is 2. The molecule has 0 saturated carbocycles. The molecule has 2 heterocycles. The van der Waals surface area contributed by atoms with E-state index in [-0.39, 0.29) is 12.7 Å². The first-order valence-electron chi connectivity index (χ1n) is 8.15. The molecule has 2 aromatic rings. The number of carbonyl (C=O) groups excluding carboxylic acids is 1. The molecule has 24 heavy (non-hydrogen) atoms. The largest absolute Gasteiger partial charge is 0.467 e. The van der Waals surface area contributed by atoms with Gasteiger partial charge in [0.2, 0.25) is 12.7 Å². The summed E-state index contributed by atoms with van der Waals surface area (Å²) in [6.07, 6.45) is 2.61. The highest BCUT2D eigenvalue weighted by Gasteiger charge is 2.18. The van der Waals surface area contributed by atoms with E-state index in [4.69, 9.17) is 13.9 Å².